The summed E-state index contributed by atoms with van der Waals surface area (Å²) in [5.41, 5.74) is 2.45. The fraction of sp³-hybridized carbons (Fsp3) is 0.471. The number of carbonyl (C=O) groups excluding carboxylic acids is 1. The molecule has 0 aromatic heterocycles. The summed E-state index contributed by atoms with van der Waals surface area (Å²) >= 11 is 0. The molecule has 0 bridgehead atoms. The smallest absolute Gasteiger partial charge is 0.267 e. The van der Waals surface area contributed by atoms with Crippen molar-refractivity contribution >= 4 is 11.5 Å². The van der Waals surface area contributed by atoms with Gasteiger partial charge in [-0.25, -0.2) is 8.78 Å². The Hall–Kier alpha value is -1.71. The molecule has 2 aliphatic rings. The maximum Gasteiger partial charge on any atom is 0.267 e. The summed E-state index contributed by atoms with van der Waals surface area (Å²) in [5.74, 6) is -2.93. The van der Waals surface area contributed by atoms with Gasteiger partial charge in [-0.1, -0.05) is 36.4 Å². The first kappa shape index (κ1) is 14.2. The average Bonchev–Trinajstić information content (AvgIpc) is 2.88. The molecule has 1 saturated heterocycles. The van der Waals surface area contributed by atoms with Crippen LogP contribution >= 0.6 is 0 Å². The Bertz CT molecular complexity index is 553. The van der Waals surface area contributed by atoms with Gasteiger partial charge in [0.05, 0.1) is 6.54 Å². The highest BCUT2D eigenvalue weighted by molar-refractivity contribution is 5.81. The zero-order chi connectivity index (χ0) is 14.9. The van der Waals surface area contributed by atoms with Crippen molar-refractivity contribution in [2.45, 2.75) is 31.6 Å². The van der Waals surface area contributed by atoms with Crippen LogP contribution in [-0.2, 0) is 4.79 Å². The molecular formula is C17H19F2NO. The summed E-state index contributed by atoms with van der Waals surface area (Å²) in [6.45, 7) is -0.213. The van der Waals surface area contributed by atoms with Gasteiger partial charge in [-0.3, -0.25) is 4.79 Å². The molecule has 0 radical (unpaired) electrons. The van der Waals surface area contributed by atoms with Gasteiger partial charge < -0.3 is 4.90 Å². The van der Waals surface area contributed by atoms with Crippen LogP contribution < -0.4 is 0 Å². The van der Waals surface area contributed by atoms with Crippen molar-refractivity contribution in [3.8, 4) is 0 Å². The first-order chi connectivity index (χ1) is 10.1. The maximum atomic E-state index is 13.2. The molecule has 0 saturated carbocycles. The van der Waals surface area contributed by atoms with Crippen LogP contribution in [0.4, 0.5) is 8.78 Å². The number of amides is 1. The number of nitrogens with zero attached hydrogens (tertiary/aromatic N) is 1. The summed E-state index contributed by atoms with van der Waals surface area (Å²) in [6.07, 6.45) is 4.14. The average molecular weight is 291 g/mol. The lowest BCUT2D eigenvalue weighted by Crippen LogP contribution is -2.36. The van der Waals surface area contributed by atoms with Crippen molar-refractivity contribution in [2.75, 3.05) is 13.1 Å². The minimum absolute atomic E-state index is 0.101. The minimum Gasteiger partial charge on any atom is -0.336 e. The molecule has 112 valence electrons. The van der Waals surface area contributed by atoms with E-state index in [9.17, 15) is 13.6 Å². The highest BCUT2D eigenvalue weighted by atomic mass is 19.3. The van der Waals surface area contributed by atoms with Crippen molar-refractivity contribution in [1.29, 1.82) is 0 Å². The van der Waals surface area contributed by atoms with Gasteiger partial charge in [0.25, 0.3) is 5.92 Å². The molecule has 1 unspecified atom stereocenters. The van der Waals surface area contributed by atoms with Gasteiger partial charge in [-0.05, 0) is 30.4 Å². The summed E-state index contributed by atoms with van der Waals surface area (Å²) in [7, 11) is 0. The molecule has 21 heavy (non-hydrogen) atoms. The molecule has 1 heterocycles. The van der Waals surface area contributed by atoms with E-state index in [0.29, 0.717) is 6.42 Å². The second-order valence-corrected chi connectivity index (χ2v) is 5.93. The molecule has 1 atom stereocenters. The van der Waals surface area contributed by atoms with Crippen LogP contribution in [0.2, 0.25) is 0 Å². The zero-order valence-corrected chi connectivity index (χ0v) is 11.9. The van der Waals surface area contributed by atoms with Crippen molar-refractivity contribution in [3.05, 3.63) is 42.0 Å². The standard InChI is InChI=1S/C17H19F2NO/c18-17(19)10-11-20(12-17)16(21)15-8-6-14(7-9-15)13-4-2-1-3-5-13/h1-6,15H,7-12H2. The van der Waals surface area contributed by atoms with Crippen LogP contribution in [0, 0.1) is 5.92 Å². The third-order valence-electron chi connectivity index (χ3n) is 4.39. The molecule has 1 aromatic carbocycles. The van der Waals surface area contributed by atoms with Crippen LogP contribution in [0.5, 0.6) is 0 Å². The SMILES string of the molecule is O=C(C1CC=C(c2ccccc2)CC1)N1CCC(F)(F)C1. The third kappa shape index (κ3) is 3.14. The van der Waals surface area contributed by atoms with E-state index in [-0.39, 0.29) is 24.8 Å². The Labute approximate surface area is 123 Å². The van der Waals surface area contributed by atoms with Crippen LogP contribution in [-0.4, -0.2) is 29.8 Å². The molecule has 0 spiro atoms. The van der Waals surface area contributed by atoms with Crippen molar-refractivity contribution in [2.24, 2.45) is 5.92 Å². The number of allylic oxidation sites excluding steroid dienone is 2. The summed E-state index contributed by atoms with van der Waals surface area (Å²) in [6, 6.07) is 10.1. The molecule has 4 heteroatoms. The van der Waals surface area contributed by atoms with Gasteiger partial charge >= 0.3 is 0 Å². The molecular weight excluding hydrogens is 272 g/mol. The number of rotatable bonds is 2. The molecule has 3 rings (SSSR count). The lowest BCUT2D eigenvalue weighted by atomic mass is 9.86. The highest BCUT2D eigenvalue weighted by Crippen LogP contribution is 2.33. The molecule has 1 fully saturated rings. The maximum absolute atomic E-state index is 13.2. The fourth-order valence-electron chi connectivity index (χ4n) is 3.16. The van der Waals surface area contributed by atoms with E-state index in [4.69, 9.17) is 0 Å². The van der Waals surface area contributed by atoms with Crippen molar-refractivity contribution < 1.29 is 13.6 Å². The number of halogens is 2. The topological polar surface area (TPSA) is 20.3 Å². The summed E-state index contributed by atoms with van der Waals surface area (Å²) < 4.78 is 26.4. The van der Waals surface area contributed by atoms with Gasteiger partial charge in [0.15, 0.2) is 0 Å². The normalized spacial score (nSPS) is 24.8. The minimum atomic E-state index is -2.70. The summed E-state index contributed by atoms with van der Waals surface area (Å²) in [4.78, 5) is 13.6. The molecule has 1 amide bonds. The Morgan fingerprint density at radius 3 is 2.57 bits per heavy atom. The second kappa shape index (κ2) is 5.58. The van der Waals surface area contributed by atoms with Gasteiger partial charge in [-0.15, -0.1) is 0 Å². The van der Waals surface area contributed by atoms with Gasteiger partial charge in [0.1, 0.15) is 0 Å². The highest BCUT2D eigenvalue weighted by Gasteiger charge is 2.41. The number of benzene rings is 1. The van der Waals surface area contributed by atoms with E-state index in [1.54, 1.807) is 0 Å². The van der Waals surface area contributed by atoms with E-state index in [1.165, 1.54) is 16.0 Å². The predicted molar refractivity (Wildman–Crippen MR) is 77.9 cm³/mol. The fourth-order valence-corrected chi connectivity index (χ4v) is 3.16. The Kier molecular flexibility index (Phi) is 3.79. The van der Waals surface area contributed by atoms with Crippen LogP contribution in [0.25, 0.3) is 5.57 Å². The Morgan fingerprint density at radius 1 is 1.24 bits per heavy atom. The molecule has 2 nitrogen and oxygen atoms in total. The Balaban J connectivity index is 1.63. The van der Waals surface area contributed by atoms with Gasteiger partial charge in [0, 0.05) is 18.9 Å². The monoisotopic (exact) mass is 291 g/mol. The van der Waals surface area contributed by atoms with Crippen LogP contribution in [0.15, 0.2) is 36.4 Å². The molecule has 1 aliphatic heterocycles. The van der Waals surface area contributed by atoms with E-state index >= 15 is 0 Å². The van der Waals surface area contributed by atoms with E-state index < -0.39 is 12.5 Å². The van der Waals surface area contributed by atoms with Crippen molar-refractivity contribution in [3.63, 3.8) is 0 Å². The first-order valence-electron chi connectivity index (χ1n) is 7.46. The largest absolute Gasteiger partial charge is 0.336 e. The Morgan fingerprint density at radius 2 is 2.00 bits per heavy atom. The molecule has 0 N–H and O–H groups in total. The number of hydrogen-bond acceptors (Lipinski definition) is 1. The number of likely N-dealkylation sites (tertiary alicyclic amines) is 1. The van der Waals surface area contributed by atoms with Gasteiger partial charge in [-0.2, -0.15) is 0 Å². The summed E-state index contributed by atoms with van der Waals surface area (Å²) in [5, 5.41) is 0. The zero-order valence-electron chi connectivity index (χ0n) is 11.9. The van der Waals surface area contributed by atoms with Crippen LogP contribution in [0.3, 0.4) is 0 Å². The third-order valence-corrected chi connectivity index (χ3v) is 4.39. The lowest BCUT2D eigenvalue weighted by Gasteiger charge is -2.26. The quantitative estimate of drug-likeness (QED) is 0.813. The predicted octanol–water partition coefficient (Wildman–Crippen LogP) is 3.74. The molecule has 1 aromatic rings. The number of carbonyl (C=O) groups is 1. The second-order valence-electron chi connectivity index (χ2n) is 5.93. The van der Waals surface area contributed by atoms with Gasteiger partial charge in [0.2, 0.25) is 5.91 Å². The van der Waals surface area contributed by atoms with Crippen LogP contribution in [0.1, 0.15) is 31.2 Å². The van der Waals surface area contributed by atoms with E-state index in [1.807, 2.05) is 18.2 Å². The number of alkyl halides is 2. The van der Waals surface area contributed by atoms with E-state index in [0.717, 1.165) is 12.8 Å². The van der Waals surface area contributed by atoms with Crippen molar-refractivity contribution in [1.82, 2.24) is 4.90 Å². The molecule has 1 aliphatic carbocycles. The lowest BCUT2D eigenvalue weighted by molar-refractivity contribution is -0.136. The van der Waals surface area contributed by atoms with E-state index in [2.05, 4.69) is 18.2 Å². The first-order valence-corrected chi connectivity index (χ1v) is 7.46. The number of hydrogen-bond donors (Lipinski definition) is 0.